The van der Waals surface area contributed by atoms with Gasteiger partial charge in [0.2, 0.25) is 0 Å². The van der Waals surface area contributed by atoms with Crippen LogP contribution in [0.15, 0.2) is 24.3 Å². The van der Waals surface area contributed by atoms with Gasteiger partial charge in [-0.2, -0.15) is 0 Å². The highest BCUT2D eigenvalue weighted by Gasteiger charge is 2.00. The minimum Gasteiger partial charge on any atom is -0.469 e. The summed E-state index contributed by atoms with van der Waals surface area (Å²) in [6, 6.07) is 0. The largest absolute Gasteiger partial charge is 0.469 e. The number of aliphatic hydroxyl groups excluding tert-OH is 1. The van der Waals surface area contributed by atoms with Crippen molar-refractivity contribution in [1.29, 1.82) is 0 Å². The first kappa shape index (κ1) is 20.9. The van der Waals surface area contributed by atoms with Gasteiger partial charge in [0.1, 0.15) is 0 Å². The van der Waals surface area contributed by atoms with Crippen molar-refractivity contribution in [3.8, 4) is 0 Å². The summed E-state index contributed by atoms with van der Waals surface area (Å²) in [5, 5.41) is 9.82. The molecule has 128 valence electrons. The fourth-order valence-electron chi connectivity index (χ4n) is 2.23. The van der Waals surface area contributed by atoms with Gasteiger partial charge in [-0.25, -0.2) is 0 Å². The van der Waals surface area contributed by atoms with E-state index in [0.29, 0.717) is 6.42 Å². The van der Waals surface area contributed by atoms with E-state index in [4.69, 9.17) is 0 Å². The molecule has 0 rings (SSSR count). The second kappa shape index (κ2) is 16.3. The van der Waals surface area contributed by atoms with Crippen molar-refractivity contribution in [2.24, 2.45) is 0 Å². The summed E-state index contributed by atoms with van der Waals surface area (Å²) in [7, 11) is 1.43. The van der Waals surface area contributed by atoms with Crippen LogP contribution in [0.1, 0.15) is 77.6 Å². The summed E-state index contributed by atoms with van der Waals surface area (Å²) >= 11 is 0. The van der Waals surface area contributed by atoms with E-state index in [0.717, 1.165) is 44.9 Å². The number of aliphatic hydroxyl groups is 1. The quantitative estimate of drug-likeness (QED) is 0.281. The van der Waals surface area contributed by atoms with Crippen molar-refractivity contribution in [3.63, 3.8) is 0 Å². The Labute approximate surface area is 136 Å². The molecule has 0 spiro atoms. The average molecular weight is 310 g/mol. The van der Waals surface area contributed by atoms with E-state index in [1.54, 1.807) is 0 Å². The number of carbonyl (C=O) groups is 1. The standard InChI is InChI=1S/C19H34O3/c1-3-4-5-6-7-9-12-15-18(20)16-13-10-8-11-14-17-19(21)22-2/h7,9,12,15,18,20H,3-6,8,10-11,13-14,16-17H2,1-2H3/b9-7+,15-12+/t18-/m1/s1. The zero-order valence-electron chi connectivity index (χ0n) is 14.4. The summed E-state index contributed by atoms with van der Waals surface area (Å²) in [6.07, 6.45) is 19.2. The Morgan fingerprint density at radius 1 is 1.05 bits per heavy atom. The van der Waals surface area contributed by atoms with Crippen LogP contribution in [0.2, 0.25) is 0 Å². The first-order chi connectivity index (χ1) is 10.7. The van der Waals surface area contributed by atoms with Crippen LogP contribution in [-0.2, 0) is 9.53 Å². The molecule has 0 aliphatic carbocycles. The molecule has 0 aromatic rings. The lowest BCUT2D eigenvalue weighted by Gasteiger charge is -2.05. The number of methoxy groups -OCH3 is 1. The number of ether oxygens (including phenoxy) is 1. The molecular weight excluding hydrogens is 276 g/mol. The number of esters is 1. The summed E-state index contributed by atoms with van der Waals surface area (Å²) in [6.45, 7) is 2.21. The van der Waals surface area contributed by atoms with Gasteiger partial charge in [0, 0.05) is 6.42 Å². The molecule has 0 heterocycles. The lowest BCUT2D eigenvalue weighted by atomic mass is 10.1. The lowest BCUT2D eigenvalue weighted by Crippen LogP contribution is -2.01. The smallest absolute Gasteiger partial charge is 0.305 e. The zero-order valence-corrected chi connectivity index (χ0v) is 14.4. The summed E-state index contributed by atoms with van der Waals surface area (Å²) in [5.74, 6) is -0.122. The first-order valence-electron chi connectivity index (χ1n) is 8.79. The van der Waals surface area contributed by atoms with Gasteiger partial charge >= 0.3 is 5.97 Å². The molecule has 0 amide bonds. The van der Waals surface area contributed by atoms with Gasteiger partial charge in [-0.1, -0.05) is 69.8 Å². The molecule has 0 saturated heterocycles. The molecule has 22 heavy (non-hydrogen) atoms. The van der Waals surface area contributed by atoms with E-state index in [2.05, 4.69) is 17.7 Å². The fourth-order valence-corrected chi connectivity index (χ4v) is 2.23. The van der Waals surface area contributed by atoms with Crippen molar-refractivity contribution in [1.82, 2.24) is 0 Å². The highest BCUT2D eigenvalue weighted by atomic mass is 16.5. The van der Waals surface area contributed by atoms with Crippen LogP contribution >= 0.6 is 0 Å². The second-order valence-corrected chi connectivity index (χ2v) is 5.76. The summed E-state index contributed by atoms with van der Waals surface area (Å²) < 4.78 is 4.60. The van der Waals surface area contributed by atoms with Gasteiger partial charge in [0.15, 0.2) is 0 Å². The molecule has 3 nitrogen and oxygen atoms in total. The van der Waals surface area contributed by atoms with Crippen molar-refractivity contribution in [2.45, 2.75) is 83.7 Å². The third kappa shape index (κ3) is 15.3. The number of hydrogen-bond donors (Lipinski definition) is 1. The van der Waals surface area contributed by atoms with E-state index < -0.39 is 0 Å². The molecule has 0 fully saturated rings. The molecule has 1 atom stereocenters. The zero-order chi connectivity index (χ0) is 16.5. The van der Waals surface area contributed by atoms with Gasteiger partial charge in [0.25, 0.3) is 0 Å². The molecule has 0 saturated carbocycles. The third-order valence-corrected chi connectivity index (χ3v) is 3.66. The van der Waals surface area contributed by atoms with E-state index >= 15 is 0 Å². The predicted molar refractivity (Wildman–Crippen MR) is 92.8 cm³/mol. The Morgan fingerprint density at radius 2 is 1.77 bits per heavy atom. The molecule has 0 unspecified atom stereocenters. The van der Waals surface area contributed by atoms with Gasteiger partial charge in [-0.15, -0.1) is 0 Å². The molecule has 0 radical (unpaired) electrons. The minimum atomic E-state index is -0.338. The second-order valence-electron chi connectivity index (χ2n) is 5.76. The van der Waals surface area contributed by atoms with Crippen LogP contribution in [0.5, 0.6) is 0 Å². The van der Waals surface area contributed by atoms with E-state index in [-0.39, 0.29) is 12.1 Å². The average Bonchev–Trinajstić information content (AvgIpc) is 2.52. The maximum Gasteiger partial charge on any atom is 0.305 e. The summed E-state index contributed by atoms with van der Waals surface area (Å²) in [4.78, 5) is 10.9. The number of allylic oxidation sites excluding steroid dienone is 3. The van der Waals surface area contributed by atoms with Gasteiger partial charge < -0.3 is 9.84 Å². The van der Waals surface area contributed by atoms with Crippen molar-refractivity contribution < 1.29 is 14.6 Å². The van der Waals surface area contributed by atoms with E-state index in [1.165, 1.54) is 26.4 Å². The van der Waals surface area contributed by atoms with Crippen LogP contribution in [0.3, 0.4) is 0 Å². The van der Waals surface area contributed by atoms with Crippen LogP contribution in [0, 0.1) is 0 Å². The van der Waals surface area contributed by atoms with Crippen LogP contribution in [0.25, 0.3) is 0 Å². The molecule has 0 bridgehead atoms. The summed E-state index contributed by atoms with van der Waals surface area (Å²) in [5.41, 5.74) is 0. The topological polar surface area (TPSA) is 46.5 Å². The Morgan fingerprint density at radius 3 is 2.50 bits per heavy atom. The molecular formula is C19H34O3. The van der Waals surface area contributed by atoms with E-state index in [1.807, 2.05) is 18.2 Å². The normalized spacial score (nSPS) is 13.0. The maximum absolute atomic E-state index is 10.9. The Bertz CT molecular complexity index is 308. The first-order valence-corrected chi connectivity index (χ1v) is 8.79. The van der Waals surface area contributed by atoms with E-state index in [9.17, 15) is 9.90 Å². The van der Waals surface area contributed by atoms with Crippen molar-refractivity contribution >= 4 is 5.97 Å². The predicted octanol–water partition coefficient (Wildman–Crippen LogP) is 4.94. The number of rotatable bonds is 14. The fraction of sp³-hybridized carbons (Fsp3) is 0.737. The van der Waals surface area contributed by atoms with Crippen LogP contribution in [0.4, 0.5) is 0 Å². The van der Waals surface area contributed by atoms with Gasteiger partial charge in [0.05, 0.1) is 13.2 Å². The highest BCUT2D eigenvalue weighted by molar-refractivity contribution is 5.68. The number of hydrogen-bond acceptors (Lipinski definition) is 3. The number of carbonyl (C=O) groups excluding carboxylic acids is 1. The molecule has 1 N–H and O–H groups in total. The Kier molecular flexibility index (Phi) is 15.5. The van der Waals surface area contributed by atoms with Crippen molar-refractivity contribution in [2.75, 3.05) is 7.11 Å². The van der Waals surface area contributed by atoms with Crippen LogP contribution < -0.4 is 0 Å². The Balaban J connectivity index is 3.41. The number of unbranched alkanes of at least 4 members (excludes halogenated alkanes) is 7. The molecule has 3 heteroatoms. The van der Waals surface area contributed by atoms with Crippen molar-refractivity contribution in [3.05, 3.63) is 24.3 Å². The lowest BCUT2D eigenvalue weighted by molar-refractivity contribution is -0.140. The molecule has 0 aliphatic rings. The molecule has 0 aliphatic heterocycles. The molecule has 0 aromatic carbocycles. The third-order valence-electron chi connectivity index (χ3n) is 3.66. The van der Waals surface area contributed by atoms with Crippen LogP contribution in [-0.4, -0.2) is 24.3 Å². The Hall–Kier alpha value is -1.09. The highest BCUT2D eigenvalue weighted by Crippen LogP contribution is 2.10. The minimum absolute atomic E-state index is 0.122. The monoisotopic (exact) mass is 310 g/mol. The molecule has 0 aromatic heterocycles. The van der Waals surface area contributed by atoms with Gasteiger partial charge in [-0.05, 0) is 25.7 Å². The maximum atomic E-state index is 10.9. The SMILES string of the molecule is CCCCC/C=C/C=C/[C@@H](O)CCCCCCCC(=O)OC. The van der Waals surface area contributed by atoms with Gasteiger partial charge in [-0.3, -0.25) is 4.79 Å².